The second-order valence-corrected chi connectivity index (χ2v) is 6.77. The van der Waals surface area contributed by atoms with Gasteiger partial charge >= 0.3 is 6.18 Å². The van der Waals surface area contributed by atoms with Crippen molar-refractivity contribution in [3.05, 3.63) is 35.4 Å². The maximum atomic E-state index is 12.7. The van der Waals surface area contributed by atoms with Crippen LogP contribution in [0.4, 0.5) is 19.0 Å². The average molecular weight is 395 g/mol. The van der Waals surface area contributed by atoms with Gasteiger partial charge in [-0.3, -0.25) is 4.79 Å². The molecule has 0 unspecified atom stereocenters. The first-order valence-corrected chi connectivity index (χ1v) is 8.69. The van der Waals surface area contributed by atoms with Crippen molar-refractivity contribution in [1.82, 2.24) is 15.5 Å². The van der Waals surface area contributed by atoms with Gasteiger partial charge in [-0.15, -0.1) is 10.2 Å². The number of carbonyl (C=O) groups excluding carboxylic acids is 1. The number of hydrogen-bond donors (Lipinski definition) is 4. The van der Waals surface area contributed by atoms with Gasteiger partial charge in [0.1, 0.15) is 11.6 Å². The van der Waals surface area contributed by atoms with Gasteiger partial charge in [-0.05, 0) is 49.6 Å². The summed E-state index contributed by atoms with van der Waals surface area (Å²) in [6.07, 6.45) is -3.20. The van der Waals surface area contributed by atoms with E-state index in [2.05, 4.69) is 20.8 Å². The number of halogens is 3. The van der Waals surface area contributed by atoms with Gasteiger partial charge < -0.3 is 21.5 Å². The minimum Gasteiger partial charge on any atom is -0.507 e. The van der Waals surface area contributed by atoms with Gasteiger partial charge in [0.25, 0.3) is 0 Å². The molecule has 0 radical (unpaired) electrons. The largest absolute Gasteiger partial charge is 0.507 e. The first kappa shape index (κ1) is 19.9. The average Bonchev–Trinajstić information content (AvgIpc) is 2.62. The van der Waals surface area contributed by atoms with Crippen molar-refractivity contribution in [3.8, 4) is 17.0 Å². The van der Waals surface area contributed by atoms with Crippen LogP contribution in [0.15, 0.2) is 24.3 Å². The maximum absolute atomic E-state index is 12.7. The molecule has 1 aliphatic heterocycles. The standard InChI is InChI=1S/C18H20F3N5O2/c1-9-6-15(24-11-3-5-13(17(22)28)23-8-11)25-26-16(9)12-4-2-10(7-14(12)27)18(19,20)21/h2,4,6-7,11,13,23,27H,3,5,8H2,1H3,(H2,22,28)(H,24,25)/t11-,13-/m1/s1. The van der Waals surface area contributed by atoms with E-state index in [-0.39, 0.29) is 23.6 Å². The molecule has 0 spiro atoms. The summed E-state index contributed by atoms with van der Waals surface area (Å²) in [5.41, 5.74) is 5.46. The fourth-order valence-corrected chi connectivity index (χ4v) is 3.16. The summed E-state index contributed by atoms with van der Waals surface area (Å²) in [7, 11) is 0. The van der Waals surface area contributed by atoms with E-state index >= 15 is 0 Å². The molecule has 0 bridgehead atoms. The second kappa shape index (κ2) is 7.63. The number of primary amides is 1. The molecule has 2 heterocycles. The number of carbonyl (C=O) groups is 1. The summed E-state index contributed by atoms with van der Waals surface area (Å²) in [4.78, 5) is 11.2. The van der Waals surface area contributed by atoms with Crippen LogP contribution in [-0.4, -0.2) is 39.8 Å². The Kier molecular flexibility index (Phi) is 5.41. The Morgan fingerprint density at radius 2 is 2.04 bits per heavy atom. The number of nitrogens with zero attached hydrogens (tertiary/aromatic N) is 2. The minimum atomic E-state index is -4.54. The van der Waals surface area contributed by atoms with Crippen LogP contribution in [0.2, 0.25) is 0 Å². The highest BCUT2D eigenvalue weighted by Gasteiger charge is 2.31. The number of amides is 1. The van der Waals surface area contributed by atoms with E-state index in [1.807, 2.05) is 0 Å². The molecule has 1 aromatic carbocycles. The molecule has 1 aliphatic rings. The summed E-state index contributed by atoms with van der Waals surface area (Å²) in [5, 5.41) is 24.4. The summed E-state index contributed by atoms with van der Waals surface area (Å²) in [6.45, 7) is 2.27. The number of alkyl halides is 3. The van der Waals surface area contributed by atoms with E-state index in [1.165, 1.54) is 6.07 Å². The van der Waals surface area contributed by atoms with Crippen molar-refractivity contribution in [3.63, 3.8) is 0 Å². The number of aromatic hydroxyl groups is 1. The second-order valence-electron chi connectivity index (χ2n) is 6.77. The third-order valence-corrected chi connectivity index (χ3v) is 4.67. The Balaban J connectivity index is 1.74. The van der Waals surface area contributed by atoms with Crippen molar-refractivity contribution in [2.75, 3.05) is 11.9 Å². The molecule has 0 saturated carbocycles. The minimum absolute atomic E-state index is 0.0367. The molecule has 0 aliphatic carbocycles. The van der Waals surface area contributed by atoms with E-state index in [1.54, 1.807) is 13.0 Å². The fraction of sp³-hybridized carbons (Fsp3) is 0.389. The van der Waals surface area contributed by atoms with Crippen LogP contribution in [-0.2, 0) is 11.0 Å². The number of nitrogens with two attached hydrogens (primary N) is 1. The zero-order valence-corrected chi connectivity index (χ0v) is 15.0. The predicted molar refractivity (Wildman–Crippen MR) is 96.5 cm³/mol. The van der Waals surface area contributed by atoms with E-state index in [0.29, 0.717) is 36.1 Å². The van der Waals surface area contributed by atoms with Gasteiger partial charge in [0.2, 0.25) is 5.91 Å². The lowest BCUT2D eigenvalue weighted by Gasteiger charge is -2.29. The van der Waals surface area contributed by atoms with Crippen molar-refractivity contribution >= 4 is 11.7 Å². The third-order valence-electron chi connectivity index (χ3n) is 4.67. The van der Waals surface area contributed by atoms with Crippen LogP contribution >= 0.6 is 0 Å². The monoisotopic (exact) mass is 395 g/mol. The van der Waals surface area contributed by atoms with Gasteiger partial charge in [-0.1, -0.05) is 0 Å². The van der Waals surface area contributed by atoms with Gasteiger partial charge in [0.15, 0.2) is 0 Å². The van der Waals surface area contributed by atoms with Crippen molar-refractivity contribution < 1.29 is 23.1 Å². The molecule has 1 aromatic heterocycles. The first-order chi connectivity index (χ1) is 13.1. The van der Waals surface area contributed by atoms with Crippen LogP contribution in [0.3, 0.4) is 0 Å². The van der Waals surface area contributed by atoms with Crippen molar-refractivity contribution in [1.29, 1.82) is 0 Å². The molecular formula is C18H20F3N5O2. The van der Waals surface area contributed by atoms with E-state index in [9.17, 15) is 23.1 Å². The number of phenols is 1. The van der Waals surface area contributed by atoms with Crippen LogP contribution < -0.4 is 16.4 Å². The number of piperidine rings is 1. The van der Waals surface area contributed by atoms with Crippen molar-refractivity contribution in [2.24, 2.45) is 5.73 Å². The number of aromatic nitrogens is 2. The highest BCUT2D eigenvalue weighted by Crippen LogP contribution is 2.36. The first-order valence-electron chi connectivity index (χ1n) is 8.69. The SMILES string of the molecule is Cc1cc(N[C@@H]2CC[C@H](C(N)=O)NC2)nnc1-c1ccc(C(F)(F)F)cc1O. The molecule has 1 amide bonds. The van der Waals surface area contributed by atoms with Gasteiger partial charge in [-0.25, -0.2) is 0 Å². The number of rotatable bonds is 4. The summed E-state index contributed by atoms with van der Waals surface area (Å²) < 4.78 is 38.2. The summed E-state index contributed by atoms with van der Waals surface area (Å²) >= 11 is 0. The highest BCUT2D eigenvalue weighted by atomic mass is 19.4. The number of nitrogens with one attached hydrogen (secondary N) is 2. The Morgan fingerprint density at radius 1 is 1.29 bits per heavy atom. The van der Waals surface area contributed by atoms with Crippen LogP contribution in [0.1, 0.15) is 24.0 Å². The molecule has 7 nitrogen and oxygen atoms in total. The number of hydrogen-bond acceptors (Lipinski definition) is 6. The molecule has 2 atom stereocenters. The van der Waals surface area contributed by atoms with E-state index in [4.69, 9.17) is 5.73 Å². The smallest absolute Gasteiger partial charge is 0.416 e. The molecule has 150 valence electrons. The van der Waals surface area contributed by atoms with E-state index in [0.717, 1.165) is 12.5 Å². The lowest BCUT2D eigenvalue weighted by atomic mass is 10.00. The van der Waals surface area contributed by atoms with E-state index < -0.39 is 17.5 Å². The van der Waals surface area contributed by atoms with Gasteiger partial charge in [0, 0.05) is 18.2 Å². The number of benzene rings is 1. The molecule has 5 N–H and O–H groups in total. The Hall–Kier alpha value is -2.88. The molecule has 10 heteroatoms. The molecular weight excluding hydrogens is 375 g/mol. The Labute approximate surface area is 159 Å². The summed E-state index contributed by atoms with van der Waals surface area (Å²) in [5.74, 6) is -0.395. The third kappa shape index (κ3) is 4.33. The fourth-order valence-electron chi connectivity index (χ4n) is 3.16. The summed E-state index contributed by atoms with van der Waals surface area (Å²) in [6, 6.07) is 4.15. The Morgan fingerprint density at radius 3 is 2.57 bits per heavy atom. The topological polar surface area (TPSA) is 113 Å². The molecule has 28 heavy (non-hydrogen) atoms. The predicted octanol–water partition coefficient (Wildman–Crippen LogP) is 2.19. The number of anilines is 1. The highest BCUT2D eigenvalue weighted by molar-refractivity contribution is 5.80. The maximum Gasteiger partial charge on any atom is 0.416 e. The lowest BCUT2D eigenvalue weighted by Crippen LogP contribution is -2.50. The molecule has 2 aromatic rings. The molecule has 1 saturated heterocycles. The van der Waals surface area contributed by atoms with Gasteiger partial charge in [0.05, 0.1) is 17.3 Å². The number of aryl methyl sites for hydroxylation is 1. The van der Waals surface area contributed by atoms with Gasteiger partial charge in [-0.2, -0.15) is 13.2 Å². The Bertz CT molecular complexity index is 880. The molecule has 1 fully saturated rings. The normalized spacial score (nSPS) is 20.0. The number of phenolic OH excluding ortho intramolecular Hbond substituents is 1. The zero-order chi connectivity index (χ0) is 20.5. The van der Waals surface area contributed by atoms with Crippen LogP contribution in [0.25, 0.3) is 11.3 Å². The van der Waals surface area contributed by atoms with Crippen LogP contribution in [0.5, 0.6) is 5.75 Å². The van der Waals surface area contributed by atoms with Crippen molar-refractivity contribution in [2.45, 2.75) is 38.0 Å². The zero-order valence-electron chi connectivity index (χ0n) is 15.0. The molecule has 3 rings (SSSR count). The quantitative estimate of drug-likeness (QED) is 0.631. The van der Waals surface area contributed by atoms with Crippen LogP contribution in [0, 0.1) is 6.92 Å². The lowest BCUT2D eigenvalue weighted by molar-refractivity contribution is -0.137.